The molecule has 1 atom stereocenters. The van der Waals surface area contributed by atoms with Gasteiger partial charge in [-0.05, 0) is 60.5 Å². The number of thioether (sulfide) groups is 1. The summed E-state index contributed by atoms with van der Waals surface area (Å²) >= 11 is 10.9. The van der Waals surface area contributed by atoms with Crippen molar-refractivity contribution in [3.63, 3.8) is 0 Å². The van der Waals surface area contributed by atoms with Gasteiger partial charge in [-0.25, -0.2) is 0 Å². The van der Waals surface area contributed by atoms with E-state index in [0.717, 1.165) is 32.6 Å². The number of carbonyl (C=O) groups excluding carboxylic acids is 1. The van der Waals surface area contributed by atoms with Crippen molar-refractivity contribution in [3.8, 4) is 5.75 Å². The van der Waals surface area contributed by atoms with E-state index in [-0.39, 0.29) is 11.4 Å². The first kappa shape index (κ1) is 21.8. The molecule has 0 aliphatic carbocycles. The second-order valence-electron chi connectivity index (χ2n) is 7.04. The zero-order valence-electron chi connectivity index (χ0n) is 16.7. The van der Waals surface area contributed by atoms with Gasteiger partial charge in [0.2, 0.25) is 0 Å². The lowest BCUT2D eigenvalue weighted by atomic mass is 10.2. The van der Waals surface area contributed by atoms with E-state index in [9.17, 15) is 4.79 Å². The van der Waals surface area contributed by atoms with E-state index in [4.69, 9.17) is 16.3 Å². The molecule has 1 aliphatic heterocycles. The summed E-state index contributed by atoms with van der Waals surface area (Å²) in [5.41, 5.74) is 3.63. The quantitative estimate of drug-likeness (QED) is 0.364. The fraction of sp³-hybridized carbons (Fsp3) is 0.125. The topological polar surface area (TPSA) is 50.4 Å². The number of ether oxygens (including phenoxy) is 1. The van der Waals surface area contributed by atoms with Gasteiger partial charge in [0.05, 0.1) is 4.91 Å². The van der Waals surface area contributed by atoms with Crippen LogP contribution in [0.1, 0.15) is 16.7 Å². The monoisotopic (exact) mass is 514 g/mol. The van der Waals surface area contributed by atoms with Gasteiger partial charge in [0.1, 0.15) is 12.4 Å². The van der Waals surface area contributed by atoms with Gasteiger partial charge < -0.3 is 15.4 Å². The maximum atomic E-state index is 12.5. The molecule has 1 fully saturated rings. The molecule has 1 unspecified atom stereocenters. The van der Waals surface area contributed by atoms with Crippen molar-refractivity contribution >= 4 is 57.0 Å². The molecule has 158 valence electrons. The number of anilines is 1. The highest BCUT2D eigenvalue weighted by Crippen LogP contribution is 2.33. The van der Waals surface area contributed by atoms with Gasteiger partial charge in [0.15, 0.2) is 5.50 Å². The SMILES string of the molecule is Cc1cc(Cl)ccc1NC1NC(=O)/C(=C/c2ccccc2OCc2ccc(Br)cc2)S1. The number of hydrogen-bond donors (Lipinski definition) is 2. The number of para-hydroxylation sites is 1. The molecule has 0 aromatic heterocycles. The minimum atomic E-state index is -0.255. The number of nitrogens with one attached hydrogen (secondary N) is 2. The number of benzene rings is 3. The fourth-order valence-corrected chi connectivity index (χ4v) is 4.57. The van der Waals surface area contributed by atoms with Crippen LogP contribution in [0.15, 0.2) is 76.1 Å². The Morgan fingerprint density at radius 3 is 2.71 bits per heavy atom. The summed E-state index contributed by atoms with van der Waals surface area (Å²) in [6.07, 6.45) is 1.87. The average molecular weight is 516 g/mol. The number of hydrogen-bond acceptors (Lipinski definition) is 4. The van der Waals surface area contributed by atoms with Gasteiger partial charge in [0, 0.05) is 20.7 Å². The van der Waals surface area contributed by atoms with Crippen LogP contribution in [0.5, 0.6) is 5.75 Å². The molecule has 3 aromatic rings. The van der Waals surface area contributed by atoms with Crippen LogP contribution in [-0.2, 0) is 11.4 Å². The largest absolute Gasteiger partial charge is 0.488 e. The fourth-order valence-electron chi connectivity index (χ4n) is 3.11. The van der Waals surface area contributed by atoms with Crippen molar-refractivity contribution in [2.45, 2.75) is 19.0 Å². The summed E-state index contributed by atoms with van der Waals surface area (Å²) in [4.78, 5) is 13.2. The third kappa shape index (κ3) is 5.64. The summed E-state index contributed by atoms with van der Waals surface area (Å²) in [6, 6.07) is 21.4. The molecule has 4 rings (SSSR count). The Bertz CT molecular complexity index is 1130. The molecule has 0 saturated carbocycles. The highest BCUT2D eigenvalue weighted by molar-refractivity contribution is 9.10. The molecule has 31 heavy (non-hydrogen) atoms. The number of halogens is 2. The Balaban J connectivity index is 1.46. The molecule has 1 amide bonds. The molecule has 4 nitrogen and oxygen atoms in total. The molecule has 0 radical (unpaired) electrons. The van der Waals surface area contributed by atoms with Crippen LogP contribution in [-0.4, -0.2) is 11.4 Å². The molecule has 7 heteroatoms. The molecule has 1 heterocycles. The lowest BCUT2D eigenvalue weighted by Crippen LogP contribution is -2.31. The molecular weight excluding hydrogens is 496 g/mol. The molecule has 1 aliphatic rings. The Hall–Kier alpha value is -2.41. The number of amides is 1. The predicted octanol–water partition coefficient (Wildman–Crippen LogP) is 6.59. The first-order valence-corrected chi connectivity index (χ1v) is 11.7. The van der Waals surface area contributed by atoms with Gasteiger partial charge in [0.25, 0.3) is 5.91 Å². The van der Waals surface area contributed by atoms with Gasteiger partial charge in [-0.3, -0.25) is 4.79 Å². The van der Waals surface area contributed by atoms with Crippen LogP contribution in [0.3, 0.4) is 0 Å². The van der Waals surface area contributed by atoms with E-state index in [2.05, 4.69) is 26.6 Å². The molecule has 2 N–H and O–H groups in total. The smallest absolute Gasteiger partial charge is 0.260 e. The molecular formula is C24H20BrClN2O2S. The third-order valence-corrected chi connectivity index (χ3v) is 6.51. The summed E-state index contributed by atoms with van der Waals surface area (Å²) < 4.78 is 7.06. The van der Waals surface area contributed by atoms with Gasteiger partial charge in [-0.1, -0.05) is 69.6 Å². The van der Waals surface area contributed by atoms with Crippen LogP contribution in [0, 0.1) is 6.92 Å². The van der Waals surface area contributed by atoms with Gasteiger partial charge in [-0.2, -0.15) is 0 Å². The van der Waals surface area contributed by atoms with Crippen molar-refractivity contribution in [1.29, 1.82) is 0 Å². The van der Waals surface area contributed by atoms with E-state index >= 15 is 0 Å². The van der Waals surface area contributed by atoms with Crippen molar-refractivity contribution in [2.24, 2.45) is 0 Å². The van der Waals surface area contributed by atoms with Crippen LogP contribution in [0.2, 0.25) is 5.02 Å². The Morgan fingerprint density at radius 1 is 1.16 bits per heavy atom. The van der Waals surface area contributed by atoms with E-state index in [1.807, 2.05) is 79.7 Å². The van der Waals surface area contributed by atoms with E-state index < -0.39 is 0 Å². The summed E-state index contributed by atoms with van der Waals surface area (Å²) in [7, 11) is 0. The van der Waals surface area contributed by atoms with Crippen LogP contribution in [0.4, 0.5) is 5.69 Å². The Kier molecular flexibility index (Phi) is 6.90. The molecule has 0 spiro atoms. The Morgan fingerprint density at radius 2 is 1.94 bits per heavy atom. The predicted molar refractivity (Wildman–Crippen MR) is 132 cm³/mol. The summed E-state index contributed by atoms with van der Waals surface area (Å²) in [5, 5.41) is 6.99. The number of rotatable bonds is 6. The number of aryl methyl sites for hydroxylation is 1. The zero-order valence-corrected chi connectivity index (χ0v) is 19.9. The molecule has 1 saturated heterocycles. The normalized spacial score (nSPS) is 16.9. The maximum absolute atomic E-state index is 12.5. The lowest BCUT2D eigenvalue weighted by Gasteiger charge is -2.15. The van der Waals surface area contributed by atoms with Crippen molar-refractivity contribution in [2.75, 3.05) is 5.32 Å². The van der Waals surface area contributed by atoms with Gasteiger partial charge in [-0.15, -0.1) is 0 Å². The average Bonchev–Trinajstić information content (AvgIpc) is 3.09. The highest BCUT2D eigenvalue weighted by Gasteiger charge is 2.27. The van der Waals surface area contributed by atoms with Gasteiger partial charge >= 0.3 is 0 Å². The maximum Gasteiger partial charge on any atom is 0.260 e. The second kappa shape index (κ2) is 9.81. The van der Waals surface area contributed by atoms with Crippen molar-refractivity contribution in [1.82, 2.24) is 5.32 Å². The molecule has 3 aromatic carbocycles. The second-order valence-corrected chi connectivity index (χ2v) is 9.54. The minimum absolute atomic E-state index is 0.114. The van der Waals surface area contributed by atoms with Crippen LogP contribution < -0.4 is 15.4 Å². The zero-order chi connectivity index (χ0) is 21.8. The third-order valence-electron chi connectivity index (χ3n) is 4.72. The number of carbonyl (C=O) groups is 1. The van der Waals surface area contributed by atoms with Crippen LogP contribution >= 0.6 is 39.3 Å². The highest BCUT2D eigenvalue weighted by atomic mass is 79.9. The summed E-state index contributed by atoms with van der Waals surface area (Å²) in [6.45, 7) is 2.43. The first-order chi connectivity index (χ1) is 15.0. The minimum Gasteiger partial charge on any atom is -0.488 e. The summed E-state index contributed by atoms with van der Waals surface area (Å²) in [5.74, 6) is 0.619. The van der Waals surface area contributed by atoms with Crippen molar-refractivity contribution in [3.05, 3.63) is 97.8 Å². The standard InChI is InChI=1S/C24H20BrClN2O2S/c1-15-12-19(26)10-11-20(15)27-24-28-23(29)22(31-24)13-17-4-2-3-5-21(17)30-14-16-6-8-18(25)9-7-16/h2-13,24,27H,14H2,1H3,(H,28,29)/b22-13-. The van der Waals surface area contributed by atoms with Crippen LogP contribution in [0.25, 0.3) is 6.08 Å². The van der Waals surface area contributed by atoms with E-state index in [0.29, 0.717) is 16.5 Å². The molecule has 0 bridgehead atoms. The van der Waals surface area contributed by atoms with Crippen molar-refractivity contribution < 1.29 is 9.53 Å². The Labute approximate surface area is 199 Å². The van der Waals surface area contributed by atoms with E-state index in [1.165, 1.54) is 11.8 Å². The lowest BCUT2D eigenvalue weighted by molar-refractivity contribution is -0.116. The van der Waals surface area contributed by atoms with E-state index in [1.54, 1.807) is 0 Å². The first-order valence-electron chi connectivity index (χ1n) is 9.66.